The Labute approximate surface area is 233 Å². The van der Waals surface area contributed by atoms with Gasteiger partial charge < -0.3 is 28.8 Å². The monoisotopic (exact) mass is 551 g/mol. The topological polar surface area (TPSA) is 83.8 Å². The number of hydrogen-bond acceptors (Lipinski definition) is 6. The molecule has 4 aromatic rings. The van der Waals surface area contributed by atoms with Crippen LogP contribution < -0.4 is 24.3 Å². The van der Waals surface area contributed by atoms with Gasteiger partial charge in [0.05, 0.1) is 38.9 Å². The average Bonchev–Trinajstić information content (AvgIpc) is 3.32. The van der Waals surface area contributed by atoms with Crippen molar-refractivity contribution in [1.82, 2.24) is 14.9 Å². The van der Waals surface area contributed by atoms with Gasteiger partial charge in [0.2, 0.25) is 5.75 Å². The highest BCUT2D eigenvalue weighted by Crippen LogP contribution is 2.38. The molecule has 1 aromatic heterocycles. The average molecular weight is 552 g/mol. The number of fused-ring (bicyclic) bond motifs is 1. The lowest BCUT2D eigenvalue weighted by molar-refractivity contribution is 0.0952. The van der Waals surface area contributed by atoms with Gasteiger partial charge in [-0.15, -0.1) is 0 Å². The molecule has 0 atom stereocenters. The van der Waals surface area contributed by atoms with Crippen molar-refractivity contribution < 1.29 is 23.7 Å². The Kier molecular flexibility index (Phi) is 9.91. The van der Waals surface area contributed by atoms with E-state index in [1.54, 1.807) is 12.1 Å². The summed E-state index contributed by atoms with van der Waals surface area (Å²) in [5.74, 6) is 3.00. The van der Waals surface area contributed by atoms with Crippen molar-refractivity contribution in [1.29, 1.82) is 0 Å². The molecule has 0 spiro atoms. The highest BCUT2D eigenvalue weighted by atomic mass is 35.5. The van der Waals surface area contributed by atoms with Gasteiger partial charge >= 0.3 is 0 Å². The molecule has 1 heterocycles. The zero-order valence-corrected chi connectivity index (χ0v) is 23.3. The molecule has 8 nitrogen and oxygen atoms in total. The van der Waals surface area contributed by atoms with Crippen LogP contribution in [0.25, 0.3) is 11.0 Å². The van der Waals surface area contributed by atoms with E-state index in [2.05, 4.69) is 16.0 Å². The van der Waals surface area contributed by atoms with Crippen molar-refractivity contribution >= 4 is 28.5 Å². The predicted octanol–water partition coefficient (Wildman–Crippen LogP) is 5.94. The van der Waals surface area contributed by atoms with Gasteiger partial charge in [-0.05, 0) is 61.4 Å². The molecular formula is C30H34ClN3O5. The SMILES string of the molecule is COc1cc(C(=O)NCCCCCc2nc3ccccc3n2CCOc2ccc(Cl)cc2)cc(OC)c1OC. The summed E-state index contributed by atoms with van der Waals surface area (Å²) >= 11 is 5.97. The number of benzene rings is 3. The Morgan fingerprint density at radius 2 is 1.64 bits per heavy atom. The zero-order valence-electron chi connectivity index (χ0n) is 22.5. The Bertz CT molecular complexity index is 1360. The number of unbranched alkanes of at least 4 members (excludes halogenated alkanes) is 2. The highest BCUT2D eigenvalue weighted by molar-refractivity contribution is 6.30. The number of imidazole rings is 1. The van der Waals surface area contributed by atoms with Crippen molar-refractivity contribution in [3.63, 3.8) is 0 Å². The third-order valence-electron chi connectivity index (χ3n) is 6.42. The van der Waals surface area contributed by atoms with Crippen molar-refractivity contribution in [2.24, 2.45) is 0 Å². The third kappa shape index (κ3) is 7.15. The molecule has 0 saturated carbocycles. The smallest absolute Gasteiger partial charge is 0.251 e. The first kappa shape index (κ1) is 28.1. The second-order valence-corrected chi connectivity index (χ2v) is 9.39. The van der Waals surface area contributed by atoms with Crippen molar-refractivity contribution in [2.45, 2.75) is 32.2 Å². The summed E-state index contributed by atoms with van der Waals surface area (Å²) in [5, 5.41) is 3.67. The molecule has 9 heteroatoms. The molecule has 3 aromatic carbocycles. The first-order valence-corrected chi connectivity index (χ1v) is 13.3. The van der Waals surface area contributed by atoms with Crippen LogP contribution in [0.5, 0.6) is 23.0 Å². The molecule has 4 rings (SSSR count). The number of rotatable bonds is 14. The van der Waals surface area contributed by atoms with Gasteiger partial charge in [-0.2, -0.15) is 0 Å². The van der Waals surface area contributed by atoms with Crippen molar-refractivity contribution in [3.05, 3.63) is 77.1 Å². The Hall–Kier alpha value is -3.91. The molecule has 0 aliphatic rings. The van der Waals surface area contributed by atoms with Crippen LogP contribution >= 0.6 is 11.6 Å². The summed E-state index contributed by atoms with van der Waals surface area (Å²) in [7, 11) is 4.59. The summed E-state index contributed by atoms with van der Waals surface area (Å²) in [6, 6.07) is 18.8. The molecular weight excluding hydrogens is 518 g/mol. The van der Waals surface area contributed by atoms with E-state index in [4.69, 9.17) is 35.5 Å². The first-order chi connectivity index (χ1) is 19.0. The second-order valence-electron chi connectivity index (χ2n) is 8.95. The molecule has 206 valence electrons. The van der Waals surface area contributed by atoms with E-state index in [1.165, 1.54) is 21.3 Å². The highest BCUT2D eigenvalue weighted by Gasteiger charge is 2.17. The maximum Gasteiger partial charge on any atom is 0.251 e. The largest absolute Gasteiger partial charge is 0.493 e. The number of nitrogens with zero attached hydrogens (tertiary/aromatic N) is 2. The molecule has 1 N–H and O–H groups in total. The van der Waals surface area contributed by atoms with E-state index in [9.17, 15) is 4.79 Å². The summed E-state index contributed by atoms with van der Waals surface area (Å²) in [5.41, 5.74) is 2.54. The quantitative estimate of drug-likeness (QED) is 0.195. The van der Waals surface area contributed by atoms with E-state index in [1.807, 2.05) is 42.5 Å². The van der Waals surface area contributed by atoms with Crippen LogP contribution in [0, 0.1) is 0 Å². The van der Waals surface area contributed by atoms with E-state index < -0.39 is 0 Å². The number of aryl methyl sites for hydroxylation is 1. The Morgan fingerprint density at radius 1 is 0.923 bits per heavy atom. The molecule has 0 bridgehead atoms. The minimum atomic E-state index is -0.184. The number of ether oxygens (including phenoxy) is 4. The van der Waals surface area contributed by atoms with E-state index in [0.717, 1.165) is 48.3 Å². The Balaban J connectivity index is 1.28. The van der Waals surface area contributed by atoms with E-state index in [-0.39, 0.29) is 5.91 Å². The lowest BCUT2D eigenvalue weighted by Crippen LogP contribution is -2.24. The summed E-state index contributed by atoms with van der Waals surface area (Å²) in [4.78, 5) is 17.6. The number of amides is 1. The predicted molar refractivity (Wildman–Crippen MR) is 153 cm³/mol. The molecule has 0 aliphatic heterocycles. The summed E-state index contributed by atoms with van der Waals surface area (Å²) in [6.07, 6.45) is 3.62. The molecule has 0 saturated heterocycles. The first-order valence-electron chi connectivity index (χ1n) is 12.9. The van der Waals surface area contributed by atoms with Crippen LogP contribution in [0.1, 0.15) is 35.4 Å². The van der Waals surface area contributed by atoms with Gasteiger partial charge in [0.1, 0.15) is 18.2 Å². The molecule has 1 amide bonds. The number of halogens is 1. The van der Waals surface area contributed by atoms with Crippen LogP contribution in [0.4, 0.5) is 0 Å². The van der Waals surface area contributed by atoms with Gasteiger partial charge in [0, 0.05) is 23.6 Å². The lowest BCUT2D eigenvalue weighted by Gasteiger charge is -2.14. The van der Waals surface area contributed by atoms with Gasteiger partial charge in [-0.3, -0.25) is 4.79 Å². The number of methoxy groups -OCH3 is 3. The molecule has 0 fully saturated rings. The van der Waals surface area contributed by atoms with E-state index in [0.29, 0.717) is 47.5 Å². The maximum absolute atomic E-state index is 12.7. The molecule has 39 heavy (non-hydrogen) atoms. The maximum atomic E-state index is 12.7. The fourth-order valence-corrected chi connectivity index (χ4v) is 4.58. The van der Waals surface area contributed by atoms with Crippen LogP contribution in [0.2, 0.25) is 5.02 Å². The van der Waals surface area contributed by atoms with Gasteiger partial charge in [0.25, 0.3) is 5.91 Å². The molecule has 0 aliphatic carbocycles. The normalized spacial score (nSPS) is 10.9. The minimum absolute atomic E-state index is 0.184. The standard InChI is InChI=1S/C30H34ClN3O5/c1-36-26-19-21(20-27(37-2)29(26)38-3)30(35)32-16-8-4-5-11-28-33-24-9-6-7-10-25(24)34(28)17-18-39-23-14-12-22(31)13-15-23/h6-7,9-10,12-15,19-20H,4-5,8,11,16-18H2,1-3H3,(H,32,35). The van der Waals surface area contributed by atoms with Gasteiger partial charge in [-0.1, -0.05) is 30.2 Å². The lowest BCUT2D eigenvalue weighted by atomic mass is 10.1. The third-order valence-corrected chi connectivity index (χ3v) is 6.67. The summed E-state index contributed by atoms with van der Waals surface area (Å²) < 4.78 is 24.2. The molecule has 0 radical (unpaired) electrons. The number of carbonyl (C=O) groups excluding carboxylic acids is 1. The minimum Gasteiger partial charge on any atom is -0.493 e. The number of para-hydroxylation sites is 2. The fraction of sp³-hybridized carbons (Fsp3) is 0.333. The number of carbonyl (C=O) groups is 1. The van der Waals surface area contributed by atoms with Gasteiger partial charge in [-0.25, -0.2) is 4.98 Å². The number of hydrogen-bond donors (Lipinski definition) is 1. The van der Waals surface area contributed by atoms with Gasteiger partial charge in [0.15, 0.2) is 11.5 Å². The molecule has 0 unspecified atom stereocenters. The number of nitrogens with one attached hydrogen (secondary N) is 1. The number of aromatic nitrogens is 2. The second kappa shape index (κ2) is 13.8. The van der Waals surface area contributed by atoms with E-state index >= 15 is 0 Å². The fourth-order valence-electron chi connectivity index (χ4n) is 4.45. The zero-order chi connectivity index (χ0) is 27.6. The summed E-state index contributed by atoms with van der Waals surface area (Å²) in [6.45, 7) is 1.80. The Morgan fingerprint density at radius 3 is 2.33 bits per heavy atom. The van der Waals surface area contributed by atoms with Crippen LogP contribution in [-0.2, 0) is 13.0 Å². The van der Waals surface area contributed by atoms with Crippen molar-refractivity contribution in [2.75, 3.05) is 34.5 Å². The van der Waals surface area contributed by atoms with Crippen LogP contribution in [-0.4, -0.2) is 49.9 Å². The van der Waals surface area contributed by atoms with Crippen molar-refractivity contribution in [3.8, 4) is 23.0 Å². The van der Waals surface area contributed by atoms with Crippen LogP contribution in [0.15, 0.2) is 60.7 Å². The van der Waals surface area contributed by atoms with Crippen LogP contribution in [0.3, 0.4) is 0 Å².